The number of amides is 1. The van der Waals surface area contributed by atoms with Crippen molar-refractivity contribution in [3.05, 3.63) is 32.6 Å². The van der Waals surface area contributed by atoms with E-state index in [9.17, 15) is 14.4 Å². The number of rotatable bonds is 5. The van der Waals surface area contributed by atoms with Gasteiger partial charge in [0.05, 0.1) is 6.04 Å². The van der Waals surface area contributed by atoms with Crippen LogP contribution in [0.4, 0.5) is 0 Å². The predicted octanol–water partition coefficient (Wildman–Crippen LogP) is -0.913. The van der Waals surface area contributed by atoms with Crippen LogP contribution < -0.4 is 21.9 Å². The summed E-state index contributed by atoms with van der Waals surface area (Å²) in [6.45, 7) is 5.72. The fourth-order valence-corrected chi connectivity index (χ4v) is 1.77. The SMILES string of the molecule is CC(C)NC(=O)C(C)NCc1cn(C)c(=O)n(C)c1=O. The third-order valence-corrected chi connectivity index (χ3v) is 2.94. The average Bonchev–Trinajstić information content (AvgIpc) is 2.37. The van der Waals surface area contributed by atoms with Gasteiger partial charge in [-0.1, -0.05) is 0 Å². The number of nitrogens with one attached hydrogen (secondary N) is 2. The van der Waals surface area contributed by atoms with Gasteiger partial charge in [-0.15, -0.1) is 0 Å². The van der Waals surface area contributed by atoms with Gasteiger partial charge in [-0.3, -0.25) is 14.2 Å². The summed E-state index contributed by atoms with van der Waals surface area (Å²) in [7, 11) is 3.02. The molecule has 0 aliphatic heterocycles. The van der Waals surface area contributed by atoms with Crippen molar-refractivity contribution in [3.63, 3.8) is 0 Å². The molecule has 1 aromatic heterocycles. The zero-order valence-electron chi connectivity index (χ0n) is 12.6. The van der Waals surface area contributed by atoms with Crippen LogP contribution in [0.3, 0.4) is 0 Å². The molecule has 1 aromatic rings. The van der Waals surface area contributed by atoms with Crippen molar-refractivity contribution in [2.75, 3.05) is 0 Å². The van der Waals surface area contributed by atoms with E-state index in [0.717, 1.165) is 4.57 Å². The molecule has 0 saturated carbocycles. The third-order valence-electron chi connectivity index (χ3n) is 2.94. The first-order valence-corrected chi connectivity index (χ1v) is 6.53. The molecule has 7 heteroatoms. The van der Waals surface area contributed by atoms with Gasteiger partial charge in [0.15, 0.2) is 0 Å². The molecule has 7 nitrogen and oxygen atoms in total. The zero-order valence-corrected chi connectivity index (χ0v) is 12.6. The molecule has 0 aliphatic carbocycles. The van der Waals surface area contributed by atoms with Gasteiger partial charge in [0.2, 0.25) is 5.91 Å². The number of aromatic nitrogens is 2. The lowest BCUT2D eigenvalue weighted by Gasteiger charge is -2.16. The fourth-order valence-electron chi connectivity index (χ4n) is 1.77. The van der Waals surface area contributed by atoms with Gasteiger partial charge >= 0.3 is 5.69 Å². The summed E-state index contributed by atoms with van der Waals surface area (Å²) in [5.41, 5.74) is -0.278. The molecule has 0 aliphatic rings. The second-order valence-electron chi connectivity index (χ2n) is 5.18. The minimum absolute atomic E-state index is 0.0668. The fraction of sp³-hybridized carbons (Fsp3) is 0.615. The Morgan fingerprint density at radius 2 is 1.85 bits per heavy atom. The Balaban J connectivity index is 2.79. The molecule has 0 radical (unpaired) electrons. The summed E-state index contributed by atoms with van der Waals surface area (Å²) in [6.07, 6.45) is 1.49. The minimum atomic E-state index is -0.417. The zero-order chi connectivity index (χ0) is 15.4. The Hall–Kier alpha value is -1.89. The summed E-state index contributed by atoms with van der Waals surface area (Å²) in [4.78, 5) is 35.2. The van der Waals surface area contributed by atoms with Crippen LogP contribution in [0.1, 0.15) is 26.3 Å². The van der Waals surface area contributed by atoms with Crippen molar-refractivity contribution in [2.45, 2.75) is 39.4 Å². The first kappa shape index (κ1) is 16.2. The topological polar surface area (TPSA) is 85.1 Å². The molecule has 0 spiro atoms. The lowest BCUT2D eigenvalue weighted by Crippen LogP contribution is -2.46. The molecular weight excluding hydrogens is 260 g/mol. The summed E-state index contributed by atoms with van der Waals surface area (Å²) in [5.74, 6) is -0.123. The van der Waals surface area contributed by atoms with E-state index in [1.807, 2.05) is 13.8 Å². The van der Waals surface area contributed by atoms with E-state index in [1.165, 1.54) is 17.8 Å². The monoisotopic (exact) mass is 282 g/mol. The highest BCUT2D eigenvalue weighted by Gasteiger charge is 2.14. The Morgan fingerprint density at radius 1 is 1.25 bits per heavy atom. The molecule has 1 heterocycles. The van der Waals surface area contributed by atoms with E-state index in [2.05, 4.69) is 10.6 Å². The van der Waals surface area contributed by atoms with Gasteiger partial charge in [0.1, 0.15) is 0 Å². The second kappa shape index (κ2) is 6.51. The largest absolute Gasteiger partial charge is 0.353 e. The molecular formula is C13H22N4O3. The molecule has 1 unspecified atom stereocenters. The maximum atomic E-state index is 11.9. The Morgan fingerprint density at radius 3 is 2.40 bits per heavy atom. The number of aryl methyl sites for hydroxylation is 1. The molecule has 1 atom stereocenters. The van der Waals surface area contributed by atoms with Crippen LogP contribution in [0.2, 0.25) is 0 Å². The normalized spacial score (nSPS) is 12.5. The first-order valence-electron chi connectivity index (χ1n) is 6.53. The van der Waals surface area contributed by atoms with Gasteiger partial charge in [0.25, 0.3) is 5.56 Å². The van der Waals surface area contributed by atoms with E-state index in [1.54, 1.807) is 14.0 Å². The van der Waals surface area contributed by atoms with E-state index in [4.69, 9.17) is 0 Å². The average molecular weight is 282 g/mol. The van der Waals surface area contributed by atoms with Crippen LogP contribution in [0, 0.1) is 0 Å². The van der Waals surface area contributed by atoms with Gasteiger partial charge in [-0.2, -0.15) is 0 Å². The lowest BCUT2D eigenvalue weighted by atomic mass is 10.2. The van der Waals surface area contributed by atoms with Crippen molar-refractivity contribution in [2.24, 2.45) is 14.1 Å². The van der Waals surface area contributed by atoms with E-state index in [0.29, 0.717) is 5.56 Å². The van der Waals surface area contributed by atoms with Crippen LogP contribution >= 0.6 is 0 Å². The smallest absolute Gasteiger partial charge is 0.330 e. The van der Waals surface area contributed by atoms with Crippen LogP contribution in [0.15, 0.2) is 15.8 Å². The summed E-state index contributed by atoms with van der Waals surface area (Å²) in [5, 5.41) is 5.76. The molecule has 1 rings (SSSR count). The highest BCUT2D eigenvalue weighted by Crippen LogP contribution is 1.91. The summed E-state index contributed by atoms with van der Waals surface area (Å²) in [6, 6.07) is -0.350. The van der Waals surface area contributed by atoms with E-state index < -0.39 is 6.04 Å². The highest BCUT2D eigenvalue weighted by atomic mass is 16.2. The Kier molecular flexibility index (Phi) is 5.26. The second-order valence-corrected chi connectivity index (χ2v) is 5.18. The third kappa shape index (κ3) is 3.80. The number of hydrogen-bond acceptors (Lipinski definition) is 4. The van der Waals surface area contributed by atoms with E-state index >= 15 is 0 Å². The molecule has 2 N–H and O–H groups in total. The minimum Gasteiger partial charge on any atom is -0.353 e. The maximum absolute atomic E-state index is 11.9. The molecule has 1 amide bonds. The van der Waals surface area contributed by atoms with Gasteiger partial charge in [-0.25, -0.2) is 4.79 Å². The lowest BCUT2D eigenvalue weighted by molar-refractivity contribution is -0.123. The van der Waals surface area contributed by atoms with Gasteiger partial charge in [-0.05, 0) is 20.8 Å². The molecule has 20 heavy (non-hydrogen) atoms. The predicted molar refractivity (Wildman–Crippen MR) is 76.5 cm³/mol. The van der Waals surface area contributed by atoms with Crippen LogP contribution in [-0.4, -0.2) is 27.1 Å². The van der Waals surface area contributed by atoms with Gasteiger partial charge in [0, 0.05) is 38.4 Å². The summed E-state index contributed by atoms with van der Waals surface area (Å²) < 4.78 is 2.40. The van der Waals surface area contributed by atoms with Crippen molar-refractivity contribution in [3.8, 4) is 0 Å². The van der Waals surface area contributed by atoms with Crippen molar-refractivity contribution in [1.29, 1.82) is 0 Å². The quantitative estimate of drug-likeness (QED) is 0.732. The van der Waals surface area contributed by atoms with Crippen molar-refractivity contribution >= 4 is 5.91 Å². The van der Waals surface area contributed by atoms with Crippen LogP contribution in [0.25, 0.3) is 0 Å². The molecule has 112 valence electrons. The van der Waals surface area contributed by atoms with Crippen molar-refractivity contribution < 1.29 is 4.79 Å². The summed E-state index contributed by atoms with van der Waals surface area (Å²) >= 11 is 0. The molecule has 0 fully saturated rings. The molecule has 0 aromatic carbocycles. The van der Waals surface area contributed by atoms with Gasteiger partial charge < -0.3 is 15.2 Å². The number of nitrogens with zero attached hydrogens (tertiary/aromatic N) is 2. The van der Waals surface area contributed by atoms with E-state index in [-0.39, 0.29) is 29.7 Å². The maximum Gasteiger partial charge on any atom is 0.330 e. The first-order chi connectivity index (χ1) is 9.23. The Bertz CT molecular complexity index is 601. The van der Waals surface area contributed by atoms with Crippen LogP contribution in [0.5, 0.6) is 0 Å². The highest BCUT2D eigenvalue weighted by molar-refractivity contribution is 5.81. The Labute approximate surface area is 117 Å². The standard InChI is InChI=1S/C13H22N4O3/c1-8(2)15-11(18)9(3)14-6-10-7-16(4)13(20)17(5)12(10)19/h7-9,14H,6H2,1-5H3,(H,15,18). The van der Waals surface area contributed by atoms with Crippen LogP contribution in [-0.2, 0) is 25.4 Å². The number of carbonyl (C=O) groups excluding carboxylic acids is 1. The van der Waals surface area contributed by atoms with Crippen molar-refractivity contribution in [1.82, 2.24) is 19.8 Å². The number of carbonyl (C=O) groups is 1. The molecule has 0 saturated heterocycles. The molecule has 0 bridgehead atoms. The number of hydrogen-bond donors (Lipinski definition) is 2.